The number of anilines is 1. The van der Waals surface area contributed by atoms with Gasteiger partial charge in [-0.25, -0.2) is 0 Å². The third kappa shape index (κ3) is 4.35. The minimum absolute atomic E-state index is 0.140. The minimum Gasteiger partial charge on any atom is -0.497 e. The van der Waals surface area contributed by atoms with Gasteiger partial charge in [0.25, 0.3) is 11.1 Å². The highest BCUT2D eigenvalue weighted by Crippen LogP contribution is 2.32. The van der Waals surface area contributed by atoms with E-state index in [0.717, 1.165) is 26.6 Å². The molecule has 0 aromatic heterocycles. The van der Waals surface area contributed by atoms with Crippen LogP contribution in [0, 0.1) is 3.57 Å². The average molecular weight is 466 g/mol. The second-order valence-corrected chi connectivity index (χ2v) is 7.47. The summed E-state index contributed by atoms with van der Waals surface area (Å²) in [4.78, 5) is 26.2. The Morgan fingerprint density at radius 2 is 1.96 bits per heavy atom. The lowest BCUT2D eigenvalue weighted by atomic mass is 10.2. The van der Waals surface area contributed by atoms with Crippen LogP contribution in [0.1, 0.15) is 5.56 Å². The van der Waals surface area contributed by atoms with E-state index in [0.29, 0.717) is 10.7 Å². The Morgan fingerprint density at radius 3 is 2.68 bits per heavy atom. The molecule has 0 bridgehead atoms. The Balaban J connectivity index is 1.71. The molecule has 1 aliphatic rings. The monoisotopic (exact) mass is 466 g/mol. The smallest absolute Gasteiger partial charge is 0.295 e. The number of nitrogens with one attached hydrogen (secondary N) is 1. The molecule has 2 amide bonds. The van der Waals surface area contributed by atoms with Crippen molar-refractivity contribution in [2.75, 3.05) is 19.1 Å². The summed E-state index contributed by atoms with van der Waals surface area (Å²) in [7, 11) is 1.59. The van der Waals surface area contributed by atoms with Crippen LogP contribution in [0.5, 0.6) is 5.75 Å². The largest absolute Gasteiger partial charge is 0.497 e. The fourth-order valence-corrected chi connectivity index (χ4v) is 3.45. The van der Waals surface area contributed by atoms with Gasteiger partial charge in [0.1, 0.15) is 5.75 Å². The number of imide groups is 1. The van der Waals surface area contributed by atoms with Gasteiger partial charge < -0.3 is 10.1 Å². The van der Waals surface area contributed by atoms with Gasteiger partial charge >= 0.3 is 0 Å². The zero-order valence-electron chi connectivity index (χ0n) is 13.4. The number of hydrogen-bond acceptors (Lipinski definition) is 5. The predicted octanol–water partition coefficient (Wildman–Crippen LogP) is 4.41. The molecule has 1 fully saturated rings. The van der Waals surface area contributed by atoms with Crippen LogP contribution >= 0.6 is 34.4 Å². The maximum atomic E-state index is 12.5. The van der Waals surface area contributed by atoms with E-state index in [9.17, 15) is 9.59 Å². The molecule has 1 N–H and O–H groups in total. The number of hydrogen-bond donors (Lipinski definition) is 1. The van der Waals surface area contributed by atoms with Crippen LogP contribution in [0.3, 0.4) is 0 Å². The molecule has 25 heavy (non-hydrogen) atoms. The maximum absolute atomic E-state index is 12.5. The fraction of sp³-hybridized carbons (Fsp3) is 0.111. The molecule has 1 aliphatic heterocycles. The summed E-state index contributed by atoms with van der Waals surface area (Å²) in [5, 5.41) is 2.82. The Hall–Kier alpha value is -2.00. The van der Waals surface area contributed by atoms with Gasteiger partial charge in [0.2, 0.25) is 0 Å². The molecule has 0 atom stereocenters. The van der Waals surface area contributed by atoms with Crippen molar-refractivity contribution in [3.05, 3.63) is 62.6 Å². The third-order valence-corrected chi connectivity index (χ3v) is 5.18. The van der Waals surface area contributed by atoms with E-state index in [4.69, 9.17) is 4.74 Å². The molecule has 0 saturated carbocycles. The van der Waals surface area contributed by atoms with Crippen molar-refractivity contribution in [1.82, 2.24) is 4.90 Å². The van der Waals surface area contributed by atoms with Crippen LogP contribution in [0.2, 0.25) is 0 Å². The van der Waals surface area contributed by atoms with Gasteiger partial charge in [0.15, 0.2) is 0 Å². The molecule has 5 nitrogen and oxygen atoms in total. The van der Waals surface area contributed by atoms with Crippen molar-refractivity contribution >= 4 is 57.3 Å². The number of carbonyl (C=O) groups excluding carboxylic acids is 2. The molecule has 0 radical (unpaired) electrons. The van der Waals surface area contributed by atoms with E-state index >= 15 is 0 Å². The van der Waals surface area contributed by atoms with Gasteiger partial charge in [0, 0.05) is 9.26 Å². The molecule has 1 heterocycles. The van der Waals surface area contributed by atoms with Crippen LogP contribution in [0.4, 0.5) is 10.5 Å². The number of benzene rings is 2. The second kappa shape index (κ2) is 7.92. The Bertz CT molecular complexity index is 836. The van der Waals surface area contributed by atoms with Crippen LogP contribution in [0.15, 0.2) is 53.4 Å². The van der Waals surface area contributed by atoms with Crippen LogP contribution in [0.25, 0.3) is 6.08 Å². The molecule has 0 unspecified atom stereocenters. The summed E-state index contributed by atoms with van der Waals surface area (Å²) < 4.78 is 6.30. The highest BCUT2D eigenvalue weighted by molar-refractivity contribution is 14.1. The topological polar surface area (TPSA) is 58.6 Å². The summed E-state index contributed by atoms with van der Waals surface area (Å²) in [6, 6.07) is 15.1. The van der Waals surface area contributed by atoms with Crippen LogP contribution in [-0.2, 0) is 4.79 Å². The average Bonchev–Trinajstić information content (AvgIpc) is 2.88. The fourth-order valence-electron chi connectivity index (χ4n) is 2.26. The van der Waals surface area contributed by atoms with Crippen molar-refractivity contribution in [2.24, 2.45) is 0 Å². The predicted molar refractivity (Wildman–Crippen MR) is 108 cm³/mol. The van der Waals surface area contributed by atoms with E-state index in [1.165, 1.54) is 4.90 Å². The zero-order chi connectivity index (χ0) is 17.8. The van der Waals surface area contributed by atoms with Crippen molar-refractivity contribution in [3.63, 3.8) is 0 Å². The quantitative estimate of drug-likeness (QED) is 0.523. The van der Waals surface area contributed by atoms with Crippen LogP contribution < -0.4 is 10.1 Å². The molecular formula is C18H15IN2O3S. The second-order valence-electron chi connectivity index (χ2n) is 5.23. The summed E-state index contributed by atoms with van der Waals surface area (Å²) in [5.41, 5.74) is 1.67. The van der Waals surface area contributed by atoms with Crippen molar-refractivity contribution in [1.29, 1.82) is 0 Å². The van der Waals surface area contributed by atoms with Gasteiger partial charge in [-0.3, -0.25) is 14.5 Å². The summed E-state index contributed by atoms with van der Waals surface area (Å²) in [6.07, 6.45) is 1.71. The molecule has 3 rings (SSSR count). The Morgan fingerprint density at radius 1 is 1.20 bits per heavy atom. The number of methoxy groups -OCH3 is 1. The molecule has 7 heteroatoms. The maximum Gasteiger partial charge on any atom is 0.295 e. The Kier molecular flexibility index (Phi) is 5.64. The molecule has 128 valence electrons. The number of amides is 2. The van der Waals surface area contributed by atoms with Gasteiger partial charge in [0.05, 0.1) is 18.7 Å². The SMILES string of the molecule is COc1cccc(/C=C2/SC(=O)N(CNc3ccc(I)cc3)C2=O)c1. The van der Waals surface area contributed by atoms with E-state index in [2.05, 4.69) is 27.9 Å². The molecular weight excluding hydrogens is 451 g/mol. The summed E-state index contributed by atoms with van der Waals surface area (Å²) in [6.45, 7) is 0.140. The highest BCUT2D eigenvalue weighted by Gasteiger charge is 2.34. The first-order chi connectivity index (χ1) is 12.1. The molecule has 0 spiro atoms. The number of carbonyl (C=O) groups is 2. The lowest BCUT2D eigenvalue weighted by Crippen LogP contribution is -2.33. The summed E-state index contributed by atoms with van der Waals surface area (Å²) >= 11 is 3.17. The van der Waals surface area contributed by atoms with E-state index in [1.54, 1.807) is 13.2 Å². The molecule has 1 saturated heterocycles. The number of ether oxygens (including phenoxy) is 1. The van der Waals surface area contributed by atoms with Gasteiger partial charge in [-0.2, -0.15) is 0 Å². The third-order valence-electron chi connectivity index (χ3n) is 3.55. The molecule has 2 aromatic rings. The first-order valence-electron chi connectivity index (χ1n) is 7.45. The summed E-state index contributed by atoms with van der Waals surface area (Å²) in [5.74, 6) is 0.407. The minimum atomic E-state index is -0.296. The normalized spacial score (nSPS) is 15.8. The lowest BCUT2D eigenvalue weighted by Gasteiger charge is -2.14. The van der Waals surface area contributed by atoms with Gasteiger partial charge in [-0.15, -0.1) is 0 Å². The van der Waals surface area contributed by atoms with Gasteiger partial charge in [-0.1, -0.05) is 12.1 Å². The Labute approximate surface area is 163 Å². The molecule has 0 aliphatic carbocycles. The molecule has 2 aromatic carbocycles. The van der Waals surface area contributed by atoms with Crippen molar-refractivity contribution < 1.29 is 14.3 Å². The van der Waals surface area contributed by atoms with E-state index in [1.807, 2.05) is 48.5 Å². The van der Waals surface area contributed by atoms with Gasteiger partial charge in [-0.05, 0) is 82.4 Å². The highest BCUT2D eigenvalue weighted by atomic mass is 127. The zero-order valence-corrected chi connectivity index (χ0v) is 16.3. The number of thioether (sulfide) groups is 1. The number of rotatable bonds is 5. The van der Waals surface area contributed by atoms with Crippen molar-refractivity contribution in [2.45, 2.75) is 0 Å². The lowest BCUT2D eigenvalue weighted by molar-refractivity contribution is -0.122. The first kappa shape index (κ1) is 17.8. The number of nitrogens with zero attached hydrogens (tertiary/aromatic N) is 1. The standard InChI is InChI=1S/C18H15IN2O3S/c1-24-15-4-2-3-12(9-15)10-16-17(22)21(18(23)25-16)11-20-14-7-5-13(19)6-8-14/h2-10,20H,11H2,1H3/b16-10+. The number of halogens is 1. The van der Waals surface area contributed by atoms with Crippen molar-refractivity contribution in [3.8, 4) is 5.75 Å². The van der Waals surface area contributed by atoms with E-state index < -0.39 is 0 Å². The van der Waals surface area contributed by atoms with Crippen LogP contribution in [-0.4, -0.2) is 29.8 Å². The first-order valence-corrected chi connectivity index (χ1v) is 9.35. The van der Waals surface area contributed by atoms with E-state index in [-0.39, 0.29) is 17.8 Å².